The zero-order valence-electron chi connectivity index (χ0n) is 17.7. The van der Waals surface area contributed by atoms with Gasteiger partial charge in [-0.1, -0.05) is 30.0 Å². The van der Waals surface area contributed by atoms with E-state index in [9.17, 15) is 9.59 Å². The first-order valence-corrected chi connectivity index (χ1v) is 11.4. The van der Waals surface area contributed by atoms with Crippen LogP contribution in [0.5, 0.6) is 0 Å². The topological polar surface area (TPSA) is 55.2 Å². The minimum atomic E-state index is -0.312. The molecule has 4 rings (SSSR count). The number of aryl methyl sites for hydroxylation is 2. The number of rotatable bonds is 4. The van der Waals surface area contributed by atoms with Crippen molar-refractivity contribution < 1.29 is 4.79 Å². The SMILES string of the molecule is Cc1cc(C)cc(-n2c(S[C@H](C)C(=O)N3CCCCC3)nc3ccccc3c2=O)c1. The Hall–Kier alpha value is -2.60. The molecule has 156 valence electrons. The number of nitrogens with zero attached hydrogens (tertiary/aromatic N) is 3. The smallest absolute Gasteiger partial charge is 0.266 e. The number of likely N-dealkylation sites (tertiary alicyclic amines) is 1. The van der Waals surface area contributed by atoms with Crippen molar-refractivity contribution in [2.45, 2.75) is 50.4 Å². The lowest BCUT2D eigenvalue weighted by Crippen LogP contribution is -2.40. The lowest BCUT2D eigenvalue weighted by Gasteiger charge is -2.29. The van der Waals surface area contributed by atoms with Gasteiger partial charge in [-0.05, 0) is 75.4 Å². The van der Waals surface area contributed by atoms with Gasteiger partial charge in [0.2, 0.25) is 5.91 Å². The van der Waals surface area contributed by atoms with Crippen LogP contribution >= 0.6 is 11.8 Å². The second-order valence-electron chi connectivity index (χ2n) is 8.04. The number of thioether (sulfide) groups is 1. The van der Waals surface area contributed by atoms with E-state index in [1.165, 1.54) is 18.2 Å². The van der Waals surface area contributed by atoms with E-state index >= 15 is 0 Å². The molecule has 1 amide bonds. The number of para-hydroxylation sites is 1. The minimum Gasteiger partial charge on any atom is -0.342 e. The van der Waals surface area contributed by atoms with Crippen molar-refractivity contribution in [3.8, 4) is 5.69 Å². The molecule has 0 radical (unpaired) electrons. The summed E-state index contributed by atoms with van der Waals surface area (Å²) in [6.07, 6.45) is 3.30. The number of piperidine rings is 1. The van der Waals surface area contributed by atoms with Crippen LogP contribution in [0.25, 0.3) is 16.6 Å². The summed E-state index contributed by atoms with van der Waals surface area (Å²) in [5, 5.41) is 0.825. The highest BCUT2D eigenvalue weighted by Crippen LogP contribution is 2.27. The molecule has 30 heavy (non-hydrogen) atoms. The van der Waals surface area contributed by atoms with E-state index in [1.807, 2.05) is 56.0 Å². The van der Waals surface area contributed by atoms with Gasteiger partial charge in [0.15, 0.2) is 5.16 Å². The highest BCUT2D eigenvalue weighted by atomic mass is 32.2. The molecule has 0 spiro atoms. The lowest BCUT2D eigenvalue weighted by atomic mass is 10.1. The molecular formula is C24H27N3O2S. The molecule has 2 heterocycles. The van der Waals surface area contributed by atoms with Crippen LogP contribution in [-0.4, -0.2) is 38.7 Å². The average molecular weight is 422 g/mol. The Labute approximate surface area is 181 Å². The number of carbonyl (C=O) groups excluding carboxylic acids is 1. The third-order valence-electron chi connectivity index (χ3n) is 5.51. The van der Waals surface area contributed by atoms with Gasteiger partial charge in [0, 0.05) is 13.1 Å². The predicted molar refractivity (Wildman–Crippen MR) is 123 cm³/mol. The number of hydrogen-bond donors (Lipinski definition) is 0. The molecular weight excluding hydrogens is 394 g/mol. The summed E-state index contributed by atoms with van der Waals surface area (Å²) in [7, 11) is 0. The number of carbonyl (C=O) groups is 1. The first-order valence-electron chi connectivity index (χ1n) is 10.5. The molecule has 0 unspecified atom stereocenters. The second-order valence-corrected chi connectivity index (χ2v) is 9.35. The minimum absolute atomic E-state index is 0.106. The van der Waals surface area contributed by atoms with E-state index in [-0.39, 0.29) is 16.7 Å². The van der Waals surface area contributed by atoms with Gasteiger partial charge in [-0.15, -0.1) is 0 Å². The fourth-order valence-corrected chi connectivity index (χ4v) is 5.09. The van der Waals surface area contributed by atoms with E-state index in [2.05, 4.69) is 6.07 Å². The molecule has 1 fully saturated rings. The Morgan fingerprint density at radius 2 is 1.70 bits per heavy atom. The van der Waals surface area contributed by atoms with Crippen LogP contribution in [0.15, 0.2) is 52.4 Å². The van der Waals surface area contributed by atoms with Crippen molar-refractivity contribution in [2.75, 3.05) is 13.1 Å². The highest BCUT2D eigenvalue weighted by molar-refractivity contribution is 8.00. The standard InChI is InChI=1S/C24H27N3O2S/c1-16-13-17(2)15-19(14-16)27-23(29)20-9-5-6-10-21(20)25-24(27)30-18(3)22(28)26-11-7-4-8-12-26/h5-6,9-10,13-15,18H,4,7-8,11-12H2,1-3H3/t18-/m1/s1. The van der Waals surface area contributed by atoms with Crippen molar-refractivity contribution in [1.29, 1.82) is 0 Å². The molecule has 3 aromatic rings. The normalized spacial score (nSPS) is 15.4. The first kappa shape index (κ1) is 20.7. The molecule has 1 aromatic heterocycles. The molecule has 1 atom stereocenters. The van der Waals surface area contributed by atoms with Crippen LogP contribution < -0.4 is 5.56 Å². The van der Waals surface area contributed by atoms with Crippen molar-refractivity contribution in [2.24, 2.45) is 0 Å². The van der Waals surface area contributed by atoms with Crippen molar-refractivity contribution in [3.63, 3.8) is 0 Å². The maximum Gasteiger partial charge on any atom is 0.266 e. The van der Waals surface area contributed by atoms with Gasteiger partial charge in [-0.3, -0.25) is 14.2 Å². The maximum absolute atomic E-state index is 13.4. The third kappa shape index (κ3) is 4.15. The molecule has 1 aliphatic heterocycles. The number of benzene rings is 2. The predicted octanol–water partition coefficient (Wildman–Crippen LogP) is 4.50. The summed E-state index contributed by atoms with van der Waals surface area (Å²) in [6, 6.07) is 13.5. The van der Waals surface area contributed by atoms with Crippen LogP contribution in [-0.2, 0) is 4.79 Å². The van der Waals surface area contributed by atoms with Gasteiger partial charge in [0.05, 0.1) is 21.8 Å². The summed E-state index contributed by atoms with van der Waals surface area (Å²) >= 11 is 1.37. The fraction of sp³-hybridized carbons (Fsp3) is 0.375. The van der Waals surface area contributed by atoms with Gasteiger partial charge in [0.1, 0.15) is 0 Å². The fourth-order valence-electron chi connectivity index (χ4n) is 4.08. The highest BCUT2D eigenvalue weighted by Gasteiger charge is 2.25. The third-order valence-corrected chi connectivity index (χ3v) is 6.55. The molecule has 0 bridgehead atoms. The van der Waals surface area contributed by atoms with Gasteiger partial charge < -0.3 is 4.90 Å². The first-order chi connectivity index (χ1) is 14.4. The Balaban J connectivity index is 1.79. The molecule has 6 heteroatoms. The maximum atomic E-state index is 13.4. The second kappa shape index (κ2) is 8.64. The molecule has 1 aliphatic rings. The van der Waals surface area contributed by atoms with E-state index < -0.39 is 0 Å². The van der Waals surface area contributed by atoms with Crippen molar-refractivity contribution >= 4 is 28.6 Å². The van der Waals surface area contributed by atoms with E-state index in [4.69, 9.17) is 4.98 Å². The van der Waals surface area contributed by atoms with Crippen LogP contribution in [0.4, 0.5) is 0 Å². The van der Waals surface area contributed by atoms with Gasteiger partial charge >= 0.3 is 0 Å². The van der Waals surface area contributed by atoms with Crippen LogP contribution in [0, 0.1) is 13.8 Å². The Kier molecular flexibility index (Phi) is 5.95. The van der Waals surface area contributed by atoms with Crippen LogP contribution in [0.1, 0.15) is 37.3 Å². The zero-order chi connectivity index (χ0) is 21.3. The van der Waals surface area contributed by atoms with Crippen LogP contribution in [0.3, 0.4) is 0 Å². The number of fused-ring (bicyclic) bond motifs is 1. The number of hydrogen-bond acceptors (Lipinski definition) is 4. The average Bonchev–Trinajstić information content (AvgIpc) is 2.73. The van der Waals surface area contributed by atoms with Crippen molar-refractivity contribution in [1.82, 2.24) is 14.5 Å². The zero-order valence-corrected chi connectivity index (χ0v) is 18.5. The molecule has 0 saturated carbocycles. The quantitative estimate of drug-likeness (QED) is 0.460. The Morgan fingerprint density at radius 3 is 2.40 bits per heavy atom. The summed E-state index contributed by atoms with van der Waals surface area (Å²) in [5.74, 6) is 0.120. The lowest BCUT2D eigenvalue weighted by molar-refractivity contribution is -0.131. The summed E-state index contributed by atoms with van der Waals surface area (Å²) in [5.41, 5.74) is 3.50. The summed E-state index contributed by atoms with van der Waals surface area (Å²) in [4.78, 5) is 33.2. The molecule has 1 saturated heterocycles. The monoisotopic (exact) mass is 421 g/mol. The van der Waals surface area contributed by atoms with Crippen LogP contribution in [0.2, 0.25) is 0 Å². The van der Waals surface area contributed by atoms with Crippen molar-refractivity contribution in [3.05, 3.63) is 63.9 Å². The molecule has 2 aromatic carbocycles. The largest absolute Gasteiger partial charge is 0.342 e. The summed E-state index contributed by atoms with van der Waals surface area (Å²) in [6.45, 7) is 7.59. The molecule has 0 aliphatic carbocycles. The number of aromatic nitrogens is 2. The summed E-state index contributed by atoms with van der Waals surface area (Å²) < 4.78 is 1.66. The van der Waals surface area contributed by atoms with Gasteiger partial charge in [0.25, 0.3) is 5.56 Å². The van der Waals surface area contributed by atoms with E-state index in [0.29, 0.717) is 16.1 Å². The van der Waals surface area contributed by atoms with Gasteiger partial charge in [-0.25, -0.2) is 4.98 Å². The molecule has 5 nitrogen and oxygen atoms in total. The van der Waals surface area contributed by atoms with E-state index in [0.717, 1.165) is 42.7 Å². The Bertz CT molecular complexity index is 1130. The van der Waals surface area contributed by atoms with E-state index in [1.54, 1.807) is 10.6 Å². The number of amides is 1. The molecule has 0 N–H and O–H groups in total. The Morgan fingerprint density at radius 1 is 1.03 bits per heavy atom. The van der Waals surface area contributed by atoms with Gasteiger partial charge in [-0.2, -0.15) is 0 Å².